The molecule has 0 radical (unpaired) electrons. The van der Waals surface area contributed by atoms with Crippen molar-refractivity contribution in [2.45, 2.75) is 24.8 Å². The van der Waals surface area contributed by atoms with Gasteiger partial charge in [-0.1, -0.05) is 36.4 Å². The molecule has 2 aromatic rings. The summed E-state index contributed by atoms with van der Waals surface area (Å²) in [7, 11) is 0. The molecule has 1 aliphatic carbocycles. The van der Waals surface area contributed by atoms with Crippen LogP contribution in [0.4, 0.5) is 9.18 Å². The summed E-state index contributed by atoms with van der Waals surface area (Å²) in [5.74, 6) is -0.619. The Morgan fingerprint density at radius 3 is 2.73 bits per heavy atom. The Morgan fingerprint density at radius 1 is 1.12 bits per heavy atom. The van der Waals surface area contributed by atoms with Gasteiger partial charge in [-0.2, -0.15) is 0 Å². The van der Waals surface area contributed by atoms with Gasteiger partial charge in [-0.3, -0.25) is 9.69 Å². The highest BCUT2D eigenvalue weighted by Crippen LogP contribution is 2.39. The van der Waals surface area contributed by atoms with E-state index in [1.807, 2.05) is 24.3 Å². The van der Waals surface area contributed by atoms with Gasteiger partial charge in [0.05, 0.1) is 6.54 Å². The number of amides is 3. The molecule has 1 spiro atoms. The molecule has 1 atom stereocenters. The minimum Gasteiger partial charge on any atom is -0.489 e. The summed E-state index contributed by atoms with van der Waals surface area (Å²) in [6, 6.07) is 13.4. The first-order valence-electron chi connectivity index (χ1n) is 8.72. The number of nitrogens with one attached hydrogen (secondary N) is 1. The Kier molecular flexibility index (Phi) is 4.11. The molecule has 1 aliphatic heterocycles. The first-order valence-corrected chi connectivity index (χ1v) is 8.72. The number of urea groups is 1. The van der Waals surface area contributed by atoms with Crippen molar-refractivity contribution >= 4 is 11.9 Å². The van der Waals surface area contributed by atoms with E-state index in [4.69, 9.17) is 4.74 Å². The average Bonchev–Trinajstić information content (AvgIpc) is 2.88. The van der Waals surface area contributed by atoms with Crippen LogP contribution in [-0.4, -0.2) is 30.0 Å². The van der Waals surface area contributed by atoms with Crippen LogP contribution in [-0.2, 0) is 16.8 Å². The maximum Gasteiger partial charge on any atom is 0.325 e. The van der Waals surface area contributed by atoms with Crippen LogP contribution < -0.4 is 10.1 Å². The molecule has 2 aromatic carbocycles. The zero-order valence-electron chi connectivity index (χ0n) is 14.2. The average molecular weight is 354 g/mol. The Morgan fingerprint density at radius 2 is 1.88 bits per heavy atom. The fraction of sp³-hybridized carbons (Fsp3) is 0.300. The second kappa shape index (κ2) is 6.44. The third-order valence-corrected chi connectivity index (χ3v) is 5.06. The van der Waals surface area contributed by atoms with Crippen LogP contribution in [0.2, 0.25) is 0 Å². The highest BCUT2D eigenvalue weighted by molar-refractivity contribution is 6.07. The monoisotopic (exact) mass is 354 g/mol. The fourth-order valence-corrected chi connectivity index (χ4v) is 3.82. The van der Waals surface area contributed by atoms with Crippen molar-refractivity contribution in [3.8, 4) is 5.75 Å². The van der Waals surface area contributed by atoms with Crippen LogP contribution >= 0.6 is 0 Å². The van der Waals surface area contributed by atoms with Gasteiger partial charge in [-0.25, -0.2) is 9.18 Å². The molecule has 1 heterocycles. The Hall–Kier alpha value is -2.89. The number of fused-ring (bicyclic) bond motifs is 2. The SMILES string of the molecule is O=C1N[C@]2(CCCc3ccccc32)C(=O)N1CCOc1ccccc1F. The third kappa shape index (κ3) is 2.62. The fourth-order valence-electron chi connectivity index (χ4n) is 3.82. The Balaban J connectivity index is 1.51. The largest absolute Gasteiger partial charge is 0.489 e. The number of hydrogen-bond acceptors (Lipinski definition) is 3. The Bertz CT molecular complexity index is 870. The number of carbonyl (C=O) groups excluding carboxylic acids is 2. The van der Waals surface area contributed by atoms with E-state index in [2.05, 4.69) is 5.32 Å². The van der Waals surface area contributed by atoms with Gasteiger partial charge in [0, 0.05) is 0 Å². The molecule has 2 aliphatic rings. The number of para-hydroxylation sites is 1. The summed E-state index contributed by atoms with van der Waals surface area (Å²) in [6.45, 7) is 0.112. The summed E-state index contributed by atoms with van der Waals surface area (Å²) in [5.41, 5.74) is 0.989. The van der Waals surface area contributed by atoms with Crippen molar-refractivity contribution in [3.05, 3.63) is 65.5 Å². The normalized spacial score (nSPS) is 21.7. The standard InChI is InChI=1S/C20H19FN2O3/c21-16-9-3-4-10-17(16)26-13-12-23-18(24)20(22-19(23)25)11-5-7-14-6-1-2-8-15(14)20/h1-4,6,8-10H,5,7,11-13H2,(H,22,25)/t20-/m0/s1. The first-order chi connectivity index (χ1) is 12.6. The number of rotatable bonds is 4. The molecular weight excluding hydrogens is 335 g/mol. The van der Waals surface area contributed by atoms with E-state index in [1.54, 1.807) is 12.1 Å². The van der Waals surface area contributed by atoms with Gasteiger partial charge in [0.15, 0.2) is 11.6 Å². The zero-order valence-corrected chi connectivity index (χ0v) is 14.2. The summed E-state index contributed by atoms with van der Waals surface area (Å²) in [4.78, 5) is 26.7. The van der Waals surface area contributed by atoms with Gasteiger partial charge >= 0.3 is 6.03 Å². The molecule has 1 fully saturated rings. The smallest absolute Gasteiger partial charge is 0.325 e. The van der Waals surface area contributed by atoms with Crippen molar-refractivity contribution in [1.29, 1.82) is 0 Å². The number of nitrogens with zero attached hydrogens (tertiary/aromatic N) is 1. The van der Waals surface area contributed by atoms with Crippen LogP contribution in [0.5, 0.6) is 5.75 Å². The zero-order chi connectivity index (χ0) is 18.1. The summed E-state index contributed by atoms with van der Waals surface area (Å²) in [6.07, 6.45) is 2.32. The molecule has 26 heavy (non-hydrogen) atoms. The lowest BCUT2D eigenvalue weighted by atomic mass is 9.76. The number of aryl methyl sites for hydroxylation is 1. The second-order valence-corrected chi connectivity index (χ2v) is 6.58. The van der Waals surface area contributed by atoms with E-state index < -0.39 is 17.4 Å². The molecule has 5 nitrogen and oxygen atoms in total. The number of halogens is 1. The maximum atomic E-state index is 13.6. The number of hydrogen-bond donors (Lipinski definition) is 1. The van der Waals surface area contributed by atoms with Gasteiger partial charge < -0.3 is 10.1 Å². The lowest BCUT2D eigenvalue weighted by Crippen LogP contribution is -2.46. The summed E-state index contributed by atoms with van der Waals surface area (Å²) < 4.78 is 19.0. The van der Waals surface area contributed by atoms with Crippen LogP contribution in [0.3, 0.4) is 0 Å². The lowest BCUT2D eigenvalue weighted by Gasteiger charge is -2.33. The lowest BCUT2D eigenvalue weighted by molar-refractivity contribution is -0.132. The van der Waals surface area contributed by atoms with E-state index in [0.717, 1.165) is 24.0 Å². The molecule has 0 unspecified atom stereocenters. The molecule has 6 heteroatoms. The molecule has 3 amide bonds. The highest BCUT2D eigenvalue weighted by Gasteiger charge is 2.53. The van der Waals surface area contributed by atoms with Crippen LogP contribution in [0, 0.1) is 5.82 Å². The van der Waals surface area contributed by atoms with Gasteiger partial charge in [0.25, 0.3) is 5.91 Å². The van der Waals surface area contributed by atoms with Gasteiger partial charge in [0.2, 0.25) is 0 Å². The maximum absolute atomic E-state index is 13.6. The van der Waals surface area contributed by atoms with E-state index in [0.29, 0.717) is 6.42 Å². The van der Waals surface area contributed by atoms with Crippen LogP contribution in [0.15, 0.2) is 48.5 Å². The third-order valence-electron chi connectivity index (χ3n) is 5.06. The quantitative estimate of drug-likeness (QED) is 0.859. The van der Waals surface area contributed by atoms with Crippen molar-refractivity contribution in [1.82, 2.24) is 10.2 Å². The minimum atomic E-state index is -0.982. The topological polar surface area (TPSA) is 58.6 Å². The first kappa shape index (κ1) is 16.6. The predicted molar refractivity (Wildman–Crippen MR) is 93.2 cm³/mol. The van der Waals surface area contributed by atoms with Crippen molar-refractivity contribution in [2.75, 3.05) is 13.2 Å². The minimum absolute atomic E-state index is 0.0395. The van der Waals surface area contributed by atoms with E-state index in [1.165, 1.54) is 17.0 Å². The van der Waals surface area contributed by atoms with Crippen molar-refractivity contribution in [2.24, 2.45) is 0 Å². The molecular formula is C20H19FN2O3. The van der Waals surface area contributed by atoms with Crippen LogP contribution in [0.1, 0.15) is 24.0 Å². The molecule has 1 saturated heterocycles. The number of benzene rings is 2. The van der Waals surface area contributed by atoms with Gasteiger partial charge in [0.1, 0.15) is 12.1 Å². The number of ether oxygens (including phenoxy) is 1. The van der Waals surface area contributed by atoms with Gasteiger partial charge in [-0.15, -0.1) is 0 Å². The summed E-state index contributed by atoms with van der Waals surface area (Å²) in [5, 5.41) is 2.89. The Labute approximate surface area is 150 Å². The molecule has 0 bridgehead atoms. The number of imide groups is 1. The molecule has 0 aromatic heterocycles. The molecule has 1 N–H and O–H groups in total. The van der Waals surface area contributed by atoms with Crippen LogP contribution in [0.25, 0.3) is 0 Å². The van der Waals surface area contributed by atoms with E-state index in [-0.39, 0.29) is 24.8 Å². The number of carbonyl (C=O) groups is 2. The van der Waals surface area contributed by atoms with Crippen molar-refractivity contribution < 1.29 is 18.7 Å². The summed E-state index contributed by atoms with van der Waals surface area (Å²) >= 11 is 0. The second-order valence-electron chi connectivity index (χ2n) is 6.58. The van der Waals surface area contributed by atoms with E-state index in [9.17, 15) is 14.0 Å². The van der Waals surface area contributed by atoms with E-state index >= 15 is 0 Å². The highest BCUT2D eigenvalue weighted by atomic mass is 19.1. The molecule has 4 rings (SSSR count). The van der Waals surface area contributed by atoms with Crippen molar-refractivity contribution in [3.63, 3.8) is 0 Å². The molecule has 0 saturated carbocycles. The van der Waals surface area contributed by atoms with Gasteiger partial charge in [-0.05, 0) is 42.5 Å². The predicted octanol–water partition coefficient (Wildman–Crippen LogP) is 2.99. The molecule has 134 valence electrons.